The third kappa shape index (κ3) is 4.26. The summed E-state index contributed by atoms with van der Waals surface area (Å²) in [7, 11) is 0. The first-order valence-electron chi connectivity index (χ1n) is 9.14. The number of aromatic nitrogens is 1. The van der Waals surface area contributed by atoms with Gasteiger partial charge in [0.25, 0.3) is 5.69 Å². The number of carbonyl (C=O) groups excluding carboxylic acids is 1. The van der Waals surface area contributed by atoms with Crippen LogP contribution in [0.2, 0.25) is 0 Å². The van der Waals surface area contributed by atoms with Gasteiger partial charge in [-0.1, -0.05) is 60.7 Å². The van der Waals surface area contributed by atoms with E-state index in [4.69, 9.17) is 4.74 Å². The first kappa shape index (κ1) is 19.5. The molecule has 0 aliphatic carbocycles. The molecule has 1 aromatic heterocycles. The standard InChI is InChI=1S/C23H16N2O4S/c26-23(29-15-16-7-3-1-4-8-16)20-21(17-11-13-19(14-12-17)25(27)28)30-22(24-20)18-9-5-2-6-10-18/h1-14H,15H2. The number of non-ortho nitro benzene ring substituents is 1. The molecular weight excluding hydrogens is 400 g/mol. The summed E-state index contributed by atoms with van der Waals surface area (Å²) < 4.78 is 5.48. The quantitative estimate of drug-likeness (QED) is 0.227. The van der Waals surface area contributed by atoms with Crippen molar-refractivity contribution < 1.29 is 14.5 Å². The minimum Gasteiger partial charge on any atom is -0.456 e. The molecule has 0 fully saturated rings. The van der Waals surface area contributed by atoms with E-state index >= 15 is 0 Å². The molecular formula is C23H16N2O4S. The van der Waals surface area contributed by atoms with E-state index in [9.17, 15) is 14.9 Å². The maximum absolute atomic E-state index is 12.8. The van der Waals surface area contributed by atoms with Crippen LogP contribution in [0.1, 0.15) is 16.1 Å². The lowest BCUT2D eigenvalue weighted by molar-refractivity contribution is -0.384. The van der Waals surface area contributed by atoms with E-state index in [0.29, 0.717) is 15.4 Å². The number of hydrogen-bond donors (Lipinski definition) is 0. The highest BCUT2D eigenvalue weighted by atomic mass is 32.1. The summed E-state index contributed by atoms with van der Waals surface area (Å²) in [6.07, 6.45) is 0. The Bertz CT molecular complexity index is 1170. The zero-order chi connectivity index (χ0) is 20.9. The molecule has 4 rings (SSSR count). The molecule has 0 amide bonds. The molecule has 0 aliphatic heterocycles. The zero-order valence-corrected chi connectivity index (χ0v) is 16.5. The van der Waals surface area contributed by atoms with Gasteiger partial charge in [0, 0.05) is 17.7 Å². The Labute approximate surface area is 176 Å². The number of benzene rings is 3. The molecule has 7 heteroatoms. The molecule has 0 bridgehead atoms. The fourth-order valence-corrected chi connectivity index (χ4v) is 3.95. The third-order valence-electron chi connectivity index (χ3n) is 4.39. The summed E-state index contributed by atoms with van der Waals surface area (Å²) in [6, 6.07) is 25.0. The largest absolute Gasteiger partial charge is 0.456 e. The predicted octanol–water partition coefficient (Wildman–Crippen LogP) is 5.74. The number of nitro groups is 1. The highest BCUT2D eigenvalue weighted by Gasteiger charge is 2.22. The van der Waals surface area contributed by atoms with Crippen molar-refractivity contribution in [2.75, 3.05) is 0 Å². The molecule has 0 spiro atoms. The van der Waals surface area contributed by atoms with Crippen molar-refractivity contribution in [3.8, 4) is 21.0 Å². The van der Waals surface area contributed by atoms with Crippen LogP contribution in [0.25, 0.3) is 21.0 Å². The summed E-state index contributed by atoms with van der Waals surface area (Å²) in [6.45, 7) is 0.136. The van der Waals surface area contributed by atoms with Gasteiger partial charge in [-0.3, -0.25) is 10.1 Å². The second-order valence-electron chi connectivity index (χ2n) is 6.43. The number of carbonyl (C=O) groups is 1. The molecule has 0 aliphatic rings. The van der Waals surface area contributed by atoms with Crippen LogP contribution in [0.15, 0.2) is 84.9 Å². The topological polar surface area (TPSA) is 82.3 Å². The van der Waals surface area contributed by atoms with Crippen molar-refractivity contribution in [2.45, 2.75) is 6.61 Å². The number of rotatable bonds is 6. The maximum Gasteiger partial charge on any atom is 0.358 e. The van der Waals surface area contributed by atoms with E-state index in [1.165, 1.54) is 23.5 Å². The van der Waals surface area contributed by atoms with Crippen molar-refractivity contribution in [1.29, 1.82) is 0 Å². The van der Waals surface area contributed by atoms with E-state index < -0.39 is 10.9 Å². The Balaban J connectivity index is 1.69. The minimum atomic E-state index is -0.536. The zero-order valence-electron chi connectivity index (χ0n) is 15.7. The van der Waals surface area contributed by atoms with Crippen molar-refractivity contribution in [3.05, 3.63) is 106 Å². The molecule has 3 aromatic carbocycles. The van der Waals surface area contributed by atoms with Gasteiger partial charge >= 0.3 is 5.97 Å². The van der Waals surface area contributed by atoms with Gasteiger partial charge in [-0.2, -0.15) is 0 Å². The fraction of sp³-hybridized carbons (Fsp3) is 0.0435. The number of hydrogen-bond acceptors (Lipinski definition) is 6. The highest BCUT2D eigenvalue weighted by Crippen LogP contribution is 2.36. The number of ether oxygens (including phenoxy) is 1. The molecule has 0 unspecified atom stereocenters. The van der Waals surface area contributed by atoms with E-state index in [1.807, 2.05) is 60.7 Å². The Hall–Kier alpha value is -3.84. The van der Waals surface area contributed by atoms with E-state index in [1.54, 1.807) is 12.1 Å². The molecule has 1 heterocycles. The van der Waals surface area contributed by atoms with Crippen LogP contribution < -0.4 is 0 Å². The first-order chi connectivity index (χ1) is 14.6. The summed E-state index contributed by atoms with van der Waals surface area (Å²) in [5.41, 5.74) is 2.62. The van der Waals surface area contributed by atoms with E-state index in [0.717, 1.165) is 11.1 Å². The molecule has 30 heavy (non-hydrogen) atoms. The normalized spacial score (nSPS) is 10.5. The second kappa shape index (κ2) is 8.67. The van der Waals surface area contributed by atoms with Crippen LogP contribution in [0.3, 0.4) is 0 Å². The van der Waals surface area contributed by atoms with Gasteiger partial charge in [0.1, 0.15) is 11.6 Å². The third-order valence-corrected chi connectivity index (χ3v) is 5.55. The lowest BCUT2D eigenvalue weighted by atomic mass is 10.1. The minimum absolute atomic E-state index is 0.0141. The van der Waals surface area contributed by atoms with Gasteiger partial charge in [-0.05, 0) is 23.3 Å². The Morgan fingerprint density at radius 1 is 0.900 bits per heavy atom. The summed E-state index contributed by atoms with van der Waals surface area (Å²) in [5.74, 6) is -0.536. The highest BCUT2D eigenvalue weighted by molar-refractivity contribution is 7.18. The van der Waals surface area contributed by atoms with Crippen molar-refractivity contribution in [1.82, 2.24) is 4.98 Å². The van der Waals surface area contributed by atoms with Crippen LogP contribution >= 0.6 is 11.3 Å². The van der Waals surface area contributed by atoms with Crippen LogP contribution in [-0.2, 0) is 11.3 Å². The lowest BCUT2D eigenvalue weighted by Crippen LogP contribution is -2.07. The summed E-state index contributed by atoms with van der Waals surface area (Å²) in [5, 5.41) is 11.6. The predicted molar refractivity (Wildman–Crippen MR) is 115 cm³/mol. The number of nitro benzene ring substituents is 1. The molecule has 0 saturated heterocycles. The SMILES string of the molecule is O=C(OCc1ccccc1)c1nc(-c2ccccc2)sc1-c1ccc([N+](=O)[O-])cc1. The smallest absolute Gasteiger partial charge is 0.358 e. The Morgan fingerprint density at radius 2 is 1.53 bits per heavy atom. The van der Waals surface area contributed by atoms with Gasteiger partial charge in [-0.15, -0.1) is 11.3 Å². The van der Waals surface area contributed by atoms with Crippen molar-refractivity contribution >= 4 is 23.0 Å². The number of esters is 1. The lowest BCUT2D eigenvalue weighted by Gasteiger charge is -2.05. The second-order valence-corrected chi connectivity index (χ2v) is 7.43. The maximum atomic E-state index is 12.8. The molecule has 148 valence electrons. The average Bonchev–Trinajstić information content (AvgIpc) is 3.24. The van der Waals surface area contributed by atoms with Crippen LogP contribution in [0.4, 0.5) is 5.69 Å². The Kier molecular flexibility index (Phi) is 5.63. The fourth-order valence-electron chi connectivity index (χ4n) is 2.88. The molecule has 0 saturated carbocycles. The monoisotopic (exact) mass is 416 g/mol. The van der Waals surface area contributed by atoms with E-state index in [2.05, 4.69) is 4.98 Å². The number of nitrogens with zero attached hydrogens (tertiary/aromatic N) is 2. The molecule has 0 atom stereocenters. The van der Waals surface area contributed by atoms with Gasteiger partial charge in [-0.25, -0.2) is 9.78 Å². The van der Waals surface area contributed by atoms with Gasteiger partial charge < -0.3 is 4.74 Å². The van der Waals surface area contributed by atoms with Gasteiger partial charge in [0.15, 0.2) is 5.69 Å². The van der Waals surface area contributed by atoms with Crippen LogP contribution in [0.5, 0.6) is 0 Å². The van der Waals surface area contributed by atoms with Crippen LogP contribution in [0, 0.1) is 10.1 Å². The van der Waals surface area contributed by atoms with Crippen molar-refractivity contribution in [3.63, 3.8) is 0 Å². The number of thiazole rings is 1. The van der Waals surface area contributed by atoms with Gasteiger partial charge in [0.05, 0.1) is 9.80 Å². The molecule has 4 aromatic rings. The first-order valence-corrected chi connectivity index (χ1v) is 9.95. The van der Waals surface area contributed by atoms with Crippen molar-refractivity contribution in [2.24, 2.45) is 0 Å². The average molecular weight is 416 g/mol. The molecule has 0 radical (unpaired) electrons. The molecule has 6 nitrogen and oxygen atoms in total. The van der Waals surface area contributed by atoms with Crippen LogP contribution in [-0.4, -0.2) is 15.9 Å². The van der Waals surface area contributed by atoms with E-state index in [-0.39, 0.29) is 18.0 Å². The summed E-state index contributed by atoms with van der Waals surface area (Å²) in [4.78, 5) is 28.5. The van der Waals surface area contributed by atoms with Gasteiger partial charge in [0.2, 0.25) is 0 Å². The summed E-state index contributed by atoms with van der Waals surface area (Å²) >= 11 is 1.35. The Morgan fingerprint density at radius 3 is 2.17 bits per heavy atom. The molecule has 0 N–H and O–H groups in total.